The van der Waals surface area contributed by atoms with Crippen LogP contribution in [0.5, 0.6) is 5.75 Å². The van der Waals surface area contributed by atoms with Crippen molar-refractivity contribution in [3.05, 3.63) is 45.4 Å². The third kappa shape index (κ3) is 8.17. The Hall–Kier alpha value is -1.88. The molecule has 1 aromatic carbocycles. The molecule has 0 unspecified atom stereocenters. The summed E-state index contributed by atoms with van der Waals surface area (Å²) in [4.78, 5) is 21.5. The van der Waals surface area contributed by atoms with Gasteiger partial charge in [0, 0.05) is 26.2 Å². The zero-order chi connectivity index (χ0) is 20.4. The number of carbonyl (C=O) groups excluding carboxylic acids is 1. The number of aliphatic imine (C=N–C) groups is 1. The van der Waals surface area contributed by atoms with Gasteiger partial charge in [-0.15, -0.1) is 35.3 Å². The van der Waals surface area contributed by atoms with Gasteiger partial charge in [0.25, 0.3) is 5.91 Å². The number of amides is 1. The maximum atomic E-state index is 12.1. The molecule has 1 heterocycles. The first kappa shape index (κ1) is 25.2. The molecule has 0 atom stereocenters. The fourth-order valence-electron chi connectivity index (χ4n) is 2.69. The standard InChI is InChI=1S/C20H29N5O2S.HI/c1-5-21-20(23-9-8-16-12-14(2)6-7-17(16)27-4)24-11-10-22-19(26)18-15(3)25-13-28-18;/h6-7,12-13H,5,8-11H2,1-4H3,(H,22,26)(H2,21,23,24);1H. The third-order valence-electron chi connectivity index (χ3n) is 4.09. The lowest BCUT2D eigenvalue weighted by molar-refractivity contribution is 0.0957. The Bertz CT molecular complexity index is 810. The van der Waals surface area contributed by atoms with Gasteiger partial charge >= 0.3 is 0 Å². The molecule has 1 aromatic heterocycles. The number of aromatic nitrogens is 1. The summed E-state index contributed by atoms with van der Waals surface area (Å²) in [7, 11) is 1.69. The maximum Gasteiger partial charge on any atom is 0.263 e. The Labute approximate surface area is 193 Å². The van der Waals surface area contributed by atoms with Crippen LogP contribution < -0.4 is 20.7 Å². The summed E-state index contributed by atoms with van der Waals surface area (Å²) >= 11 is 1.35. The predicted octanol–water partition coefficient (Wildman–Crippen LogP) is 2.91. The van der Waals surface area contributed by atoms with Crippen LogP contribution in [0.25, 0.3) is 0 Å². The highest BCUT2D eigenvalue weighted by Crippen LogP contribution is 2.20. The second-order valence-electron chi connectivity index (χ2n) is 6.28. The maximum absolute atomic E-state index is 12.1. The topological polar surface area (TPSA) is 87.6 Å². The Morgan fingerprint density at radius 2 is 1.97 bits per heavy atom. The summed E-state index contributed by atoms with van der Waals surface area (Å²) in [6.07, 6.45) is 0.794. The van der Waals surface area contributed by atoms with E-state index < -0.39 is 0 Å². The minimum Gasteiger partial charge on any atom is -0.496 e. The van der Waals surface area contributed by atoms with Crippen LogP contribution in [0.3, 0.4) is 0 Å². The van der Waals surface area contributed by atoms with Crippen molar-refractivity contribution >= 4 is 47.2 Å². The van der Waals surface area contributed by atoms with Gasteiger partial charge in [0.05, 0.1) is 18.3 Å². The summed E-state index contributed by atoms with van der Waals surface area (Å²) in [5.74, 6) is 1.53. The van der Waals surface area contributed by atoms with Crippen molar-refractivity contribution in [3.8, 4) is 5.75 Å². The lowest BCUT2D eigenvalue weighted by atomic mass is 10.1. The molecule has 3 N–H and O–H groups in total. The van der Waals surface area contributed by atoms with Crippen molar-refractivity contribution in [1.29, 1.82) is 0 Å². The number of ether oxygens (including phenoxy) is 1. The number of guanidine groups is 1. The summed E-state index contributed by atoms with van der Waals surface area (Å²) in [5, 5.41) is 9.36. The molecule has 0 saturated heterocycles. The number of nitrogens with zero attached hydrogens (tertiary/aromatic N) is 2. The molecule has 0 spiro atoms. The van der Waals surface area contributed by atoms with Gasteiger partial charge in [-0.3, -0.25) is 9.79 Å². The number of rotatable bonds is 9. The van der Waals surface area contributed by atoms with Crippen LogP contribution in [0.1, 0.15) is 33.4 Å². The molecule has 0 fully saturated rings. The molecule has 0 aliphatic rings. The highest BCUT2D eigenvalue weighted by atomic mass is 127. The molecule has 9 heteroatoms. The van der Waals surface area contributed by atoms with Gasteiger partial charge in [0.2, 0.25) is 0 Å². The Morgan fingerprint density at radius 3 is 2.62 bits per heavy atom. The van der Waals surface area contributed by atoms with Gasteiger partial charge in [0.15, 0.2) is 5.96 Å². The molecule has 29 heavy (non-hydrogen) atoms. The fraction of sp³-hybridized carbons (Fsp3) is 0.450. The predicted molar refractivity (Wildman–Crippen MR) is 130 cm³/mol. The molecule has 0 radical (unpaired) electrons. The van der Waals surface area contributed by atoms with Gasteiger partial charge in [-0.05, 0) is 38.8 Å². The van der Waals surface area contributed by atoms with E-state index in [2.05, 4.69) is 38.9 Å². The van der Waals surface area contributed by atoms with Crippen LogP contribution in [0, 0.1) is 13.8 Å². The van der Waals surface area contributed by atoms with Crippen LogP contribution in [-0.2, 0) is 6.42 Å². The number of carbonyl (C=O) groups is 1. The monoisotopic (exact) mass is 531 g/mol. The molecule has 0 saturated carbocycles. The Kier molecular flexibility index (Phi) is 11.6. The van der Waals surface area contributed by atoms with Crippen molar-refractivity contribution in [2.45, 2.75) is 27.2 Å². The van der Waals surface area contributed by atoms with E-state index in [1.165, 1.54) is 16.9 Å². The highest BCUT2D eigenvalue weighted by Gasteiger charge is 2.10. The van der Waals surface area contributed by atoms with Gasteiger partial charge in [-0.25, -0.2) is 4.98 Å². The van der Waals surface area contributed by atoms with E-state index in [1.807, 2.05) is 26.0 Å². The molecule has 2 aromatic rings. The lowest BCUT2D eigenvalue weighted by Gasteiger charge is -2.12. The Morgan fingerprint density at radius 1 is 1.21 bits per heavy atom. The summed E-state index contributed by atoms with van der Waals surface area (Å²) < 4.78 is 5.42. The zero-order valence-electron chi connectivity index (χ0n) is 17.4. The molecule has 1 amide bonds. The van der Waals surface area contributed by atoms with E-state index >= 15 is 0 Å². The van der Waals surface area contributed by atoms with E-state index in [-0.39, 0.29) is 29.9 Å². The number of hydrogen-bond donors (Lipinski definition) is 3. The molecule has 7 nitrogen and oxygen atoms in total. The fourth-order valence-corrected chi connectivity index (χ4v) is 3.41. The Balaban J connectivity index is 0.00000420. The van der Waals surface area contributed by atoms with Crippen molar-refractivity contribution < 1.29 is 9.53 Å². The smallest absolute Gasteiger partial charge is 0.263 e. The first-order chi connectivity index (χ1) is 13.5. The van der Waals surface area contributed by atoms with E-state index in [4.69, 9.17) is 4.74 Å². The molecular formula is C20H30IN5O2S. The lowest BCUT2D eigenvalue weighted by Crippen LogP contribution is -2.41. The van der Waals surface area contributed by atoms with Crippen LogP contribution >= 0.6 is 35.3 Å². The number of methoxy groups -OCH3 is 1. The van der Waals surface area contributed by atoms with Gasteiger partial charge < -0.3 is 20.7 Å². The number of hydrogen-bond acceptors (Lipinski definition) is 5. The van der Waals surface area contributed by atoms with E-state index in [0.29, 0.717) is 24.5 Å². The second kappa shape index (κ2) is 13.4. The number of aryl methyl sites for hydroxylation is 2. The molecule has 0 aliphatic carbocycles. The summed E-state index contributed by atoms with van der Waals surface area (Å²) in [6.45, 7) is 8.43. The molecule has 160 valence electrons. The second-order valence-corrected chi connectivity index (χ2v) is 7.13. The van der Waals surface area contributed by atoms with Crippen LogP contribution in [-0.4, -0.2) is 50.1 Å². The summed E-state index contributed by atoms with van der Waals surface area (Å²) in [6, 6.07) is 6.16. The number of thiazole rings is 1. The van der Waals surface area contributed by atoms with Crippen LogP contribution in [0.2, 0.25) is 0 Å². The van der Waals surface area contributed by atoms with Crippen molar-refractivity contribution in [2.75, 3.05) is 33.3 Å². The highest BCUT2D eigenvalue weighted by molar-refractivity contribution is 14.0. The quantitative estimate of drug-likeness (QED) is 0.201. The van der Waals surface area contributed by atoms with Gasteiger partial charge in [-0.1, -0.05) is 17.7 Å². The van der Waals surface area contributed by atoms with Crippen molar-refractivity contribution in [1.82, 2.24) is 20.9 Å². The number of halogens is 1. The first-order valence-corrected chi connectivity index (χ1v) is 10.3. The van der Waals surface area contributed by atoms with Crippen molar-refractivity contribution in [2.24, 2.45) is 4.99 Å². The van der Waals surface area contributed by atoms with E-state index in [1.54, 1.807) is 12.6 Å². The van der Waals surface area contributed by atoms with Gasteiger partial charge in [-0.2, -0.15) is 0 Å². The minimum absolute atomic E-state index is 0. The minimum atomic E-state index is -0.0877. The molecule has 0 bridgehead atoms. The average Bonchev–Trinajstić information content (AvgIpc) is 3.11. The molecule has 0 aliphatic heterocycles. The third-order valence-corrected chi connectivity index (χ3v) is 5.01. The summed E-state index contributed by atoms with van der Waals surface area (Å²) in [5.41, 5.74) is 4.80. The molecular weight excluding hydrogens is 501 g/mol. The zero-order valence-corrected chi connectivity index (χ0v) is 20.5. The first-order valence-electron chi connectivity index (χ1n) is 9.39. The normalized spacial score (nSPS) is 10.8. The van der Waals surface area contributed by atoms with Crippen molar-refractivity contribution in [3.63, 3.8) is 0 Å². The SMILES string of the molecule is CCNC(=NCCc1cc(C)ccc1OC)NCCNC(=O)c1scnc1C.I. The van der Waals surface area contributed by atoms with E-state index in [0.717, 1.165) is 35.9 Å². The molecule has 2 rings (SSSR count). The number of benzene rings is 1. The van der Waals surface area contributed by atoms with Crippen LogP contribution in [0.4, 0.5) is 0 Å². The van der Waals surface area contributed by atoms with Crippen LogP contribution in [0.15, 0.2) is 28.7 Å². The largest absolute Gasteiger partial charge is 0.496 e. The van der Waals surface area contributed by atoms with E-state index in [9.17, 15) is 4.79 Å². The average molecular weight is 531 g/mol. The number of nitrogens with one attached hydrogen (secondary N) is 3. The van der Waals surface area contributed by atoms with Gasteiger partial charge in [0.1, 0.15) is 10.6 Å².